The van der Waals surface area contributed by atoms with Crippen molar-refractivity contribution >= 4 is 34.2 Å². The summed E-state index contributed by atoms with van der Waals surface area (Å²) in [5.74, 6) is 0.961. The molecule has 0 aliphatic carbocycles. The van der Waals surface area contributed by atoms with Crippen molar-refractivity contribution < 1.29 is 23.8 Å². The Morgan fingerprint density at radius 2 is 1.65 bits per heavy atom. The molecule has 0 bridgehead atoms. The van der Waals surface area contributed by atoms with Gasteiger partial charge >= 0.3 is 0 Å². The molecule has 0 atom stereocenters. The molecule has 0 saturated carbocycles. The zero-order valence-electron chi connectivity index (χ0n) is 17.6. The van der Waals surface area contributed by atoms with Crippen molar-refractivity contribution in [3.63, 3.8) is 0 Å². The molecule has 0 aliphatic heterocycles. The van der Waals surface area contributed by atoms with Gasteiger partial charge in [0.15, 0.2) is 22.4 Å². The molecule has 0 aliphatic rings. The summed E-state index contributed by atoms with van der Waals surface area (Å²) >= 11 is 1.15. The van der Waals surface area contributed by atoms with Crippen LogP contribution in [0.5, 0.6) is 17.2 Å². The first-order chi connectivity index (χ1) is 15.0. The highest BCUT2D eigenvalue weighted by Crippen LogP contribution is 2.38. The van der Waals surface area contributed by atoms with E-state index in [1.54, 1.807) is 18.2 Å². The number of rotatable bonds is 8. The molecule has 7 nitrogen and oxygen atoms in total. The average molecular weight is 439 g/mol. The summed E-state index contributed by atoms with van der Waals surface area (Å²) in [5, 5.41) is 3.07. The van der Waals surface area contributed by atoms with Gasteiger partial charge < -0.3 is 14.2 Å². The number of amides is 1. The molecule has 31 heavy (non-hydrogen) atoms. The van der Waals surface area contributed by atoms with E-state index in [-0.39, 0.29) is 11.7 Å². The van der Waals surface area contributed by atoms with E-state index in [0.29, 0.717) is 38.5 Å². The van der Waals surface area contributed by atoms with Crippen LogP contribution in [-0.4, -0.2) is 38.0 Å². The largest absolute Gasteiger partial charge is 0.493 e. The quantitative estimate of drug-likeness (QED) is 0.406. The number of methoxy groups -OCH3 is 3. The van der Waals surface area contributed by atoms with E-state index in [1.165, 1.54) is 34.3 Å². The molecule has 160 valence electrons. The Balaban J connectivity index is 1.81. The number of ketones is 1. The maximum Gasteiger partial charge on any atom is 0.250 e. The van der Waals surface area contributed by atoms with Crippen LogP contribution in [0.25, 0.3) is 17.3 Å². The lowest BCUT2D eigenvalue weighted by Gasteiger charge is -2.12. The van der Waals surface area contributed by atoms with Crippen LogP contribution in [0.1, 0.15) is 22.2 Å². The van der Waals surface area contributed by atoms with Crippen molar-refractivity contribution in [1.29, 1.82) is 0 Å². The average Bonchev–Trinajstić information content (AvgIpc) is 3.21. The lowest BCUT2D eigenvalue weighted by molar-refractivity contribution is -0.111. The third-order valence-corrected chi connectivity index (χ3v) is 5.41. The Hall–Kier alpha value is -3.65. The molecule has 0 unspecified atom stereocenters. The van der Waals surface area contributed by atoms with Crippen LogP contribution in [0, 0.1) is 0 Å². The van der Waals surface area contributed by atoms with Crippen molar-refractivity contribution in [2.45, 2.75) is 6.92 Å². The van der Waals surface area contributed by atoms with E-state index in [9.17, 15) is 9.59 Å². The lowest BCUT2D eigenvalue weighted by atomic mass is 10.1. The molecule has 0 saturated heterocycles. The number of carbonyl (C=O) groups is 2. The first-order valence-corrected chi connectivity index (χ1v) is 10.1. The van der Waals surface area contributed by atoms with Gasteiger partial charge in [-0.2, -0.15) is 0 Å². The van der Waals surface area contributed by atoms with Crippen molar-refractivity contribution in [2.75, 3.05) is 26.6 Å². The second-order valence-electron chi connectivity index (χ2n) is 6.40. The smallest absolute Gasteiger partial charge is 0.250 e. The molecular formula is C23H22N2O5S. The summed E-state index contributed by atoms with van der Waals surface area (Å²) in [6.45, 7) is 1.48. The monoisotopic (exact) mass is 438 g/mol. The topological polar surface area (TPSA) is 86.8 Å². The van der Waals surface area contributed by atoms with E-state index in [1.807, 2.05) is 30.3 Å². The van der Waals surface area contributed by atoms with Gasteiger partial charge in [-0.1, -0.05) is 41.7 Å². The Morgan fingerprint density at radius 3 is 2.19 bits per heavy atom. The second-order valence-corrected chi connectivity index (χ2v) is 7.40. The van der Waals surface area contributed by atoms with Crippen molar-refractivity contribution in [3.05, 3.63) is 59.0 Å². The number of aromatic nitrogens is 1. The first-order valence-electron chi connectivity index (χ1n) is 9.33. The molecule has 0 radical (unpaired) electrons. The number of nitrogens with zero attached hydrogens (tertiary/aromatic N) is 1. The van der Waals surface area contributed by atoms with Gasteiger partial charge in [0.05, 0.1) is 31.9 Å². The Bertz CT molecular complexity index is 1100. The van der Waals surface area contributed by atoms with Crippen LogP contribution in [-0.2, 0) is 4.79 Å². The van der Waals surface area contributed by atoms with Gasteiger partial charge in [0, 0.05) is 18.6 Å². The Kier molecular flexibility index (Phi) is 7.04. The van der Waals surface area contributed by atoms with Crippen molar-refractivity contribution in [2.24, 2.45) is 0 Å². The van der Waals surface area contributed by atoms with Crippen LogP contribution in [0.3, 0.4) is 0 Å². The molecule has 1 N–H and O–H groups in total. The summed E-state index contributed by atoms with van der Waals surface area (Å²) in [6, 6.07) is 12.8. The van der Waals surface area contributed by atoms with E-state index in [2.05, 4.69) is 10.3 Å². The Morgan fingerprint density at radius 1 is 1.00 bits per heavy atom. The number of Topliss-reactive ketones (excluding diaryl/α,β-unsaturated/α-hetero) is 1. The lowest BCUT2D eigenvalue weighted by Crippen LogP contribution is -2.07. The summed E-state index contributed by atoms with van der Waals surface area (Å²) in [5.41, 5.74) is 2.07. The number of ether oxygens (including phenoxy) is 3. The van der Waals surface area contributed by atoms with Gasteiger partial charge in [-0.15, -0.1) is 0 Å². The highest BCUT2D eigenvalue weighted by molar-refractivity contribution is 7.18. The molecule has 0 fully saturated rings. The first kappa shape index (κ1) is 22.0. The minimum Gasteiger partial charge on any atom is -0.493 e. The summed E-state index contributed by atoms with van der Waals surface area (Å²) in [4.78, 5) is 29.4. The molecule has 1 heterocycles. The zero-order chi connectivity index (χ0) is 22.4. The zero-order valence-corrected chi connectivity index (χ0v) is 18.4. The molecule has 1 amide bonds. The number of hydrogen-bond acceptors (Lipinski definition) is 7. The van der Waals surface area contributed by atoms with Crippen LogP contribution in [0.15, 0.2) is 48.5 Å². The van der Waals surface area contributed by atoms with Gasteiger partial charge in [-0.25, -0.2) is 4.98 Å². The van der Waals surface area contributed by atoms with Crippen LogP contribution in [0.4, 0.5) is 5.13 Å². The number of anilines is 1. The minimum atomic E-state index is -0.378. The van der Waals surface area contributed by atoms with Crippen molar-refractivity contribution in [1.82, 2.24) is 4.98 Å². The molecule has 0 spiro atoms. The van der Waals surface area contributed by atoms with Crippen LogP contribution in [0.2, 0.25) is 0 Å². The summed E-state index contributed by atoms with van der Waals surface area (Å²) in [7, 11) is 4.57. The van der Waals surface area contributed by atoms with E-state index in [4.69, 9.17) is 14.2 Å². The normalized spacial score (nSPS) is 10.7. The van der Waals surface area contributed by atoms with Gasteiger partial charge in [0.1, 0.15) is 0 Å². The molecular weight excluding hydrogens is 416 g/mol. The van der Waals surface area contributed by atoms with E-state index < -0.39 is 0 Å². The van der Waals surface area contributed by atoms with Crippen LogP contribution >= 0.6 is 11.3 Å². The molecule has 3 rings (SSSR count). The minimum absolute atomic E-state index is 0.107. The Labute approximate surface area is 184 Å². The highest BCUT2D eigenvalue weighted by Gasteiger charge is 2.17. The van der Waals surface area contributed by atoms with Gasteiger partial charge in [-0.3, -0.25) is 14.9 Å². The third-order valence-electron chi connectivity index (χ3n) is 4.34. The van der Waals surface area contributed by atoms with E-state index >= 15 is 0 Å². The number of thiazole rings is 1. The molecule has 3 aromatic rings. The van der Waals surface area contributed by atoms with Gasteiger partial charge in [0.2, 0.25) is 11.7 Å². The second kappa shape index (κ2) is 9.90. The van der Waals surface area contributed by atoms with Gasteiger partial charge in [0.25, 0.3) is 0 Å². The fraction of sp³-hybridized carbons (Fsp3) is 0.174. The third kappa shape index (κ3) is 5.10. The highest BCUT2D eigenvalue weighted by atomic mass is 32.1. The number of carbonyl (C=O) groups excluding carboxylic acids is 2. The predicted molar refractivity (Wildman–Crippen MR) is 121 cm³/mol. The number of hydrogen-bond donors (Lipinski definition) is 1. The number of benzene rings is 2. The summed E-state index contributed by atoms with van der Waals surface area (Å²) in [6.07, 6.45) is 3.00. The van der Waals surface area contributed by atoms with Crippen LogP contribution < -0.4 is 19.5 Å². The fourth-order valence-electron chi connectivity index (χ4n) is 2.92. The molecule has 8 heteroatoms. The molecule has 2 aromatic carbocycles. The van der Waals surface area contributed by atoms with E-state index in [0.717, 1.165) is 16.9 Å². The van der Waals surface area contributed by atoms with Gasteiger partial charge in [-0.05, 0) is 23.8 Å². The van der Waals surface area contributed by atoms with Crippen molar-refractivity contribution in [3.8, 4) is 28.5 Å². The SMILES string of the molecule is COc1cc(/C=C/C(=O)Nc2nc(-c3ccccc3)c(C(C)=O)s2)cc(OC)c1OC. The molecule has 1 aromatic heterocycles. The summed E-state index contributed by atoms with van der Waals surface area (Å²) < 4.78 is 15.9. The maximum atomic E-state index is 12.4. The number of nitrogens with one attached hydrogen (secondary N) is 1. The maximum absolute atomic E-state index is 12.4. The predicted octanol–water partition coefficient (Wildman–Crippen LogP) is 4.69. The standard InChI is InChI=1S/C23H22N2O5S/c1-14(26)22-20(16-8-6-5-7-9-16)25-23(31-22)24-19(27)11-10-15-12-17(28-2)21(30-4)18(13-15)29-3/h5-13H,1-4H3,(H,24,25,27)/b11-10+. The fourth-order valence-corrected chi connectivity index (χ4v) is 3.81.